The van der Waals surface area contributed by atoms with Crippen molar-refractivity contribution in [1.29, 1.82) is 0 Å². The molecule has 1 aromatic rings. The van der Waals surface area contributed by atoms with Gasteiger partial charge in [0.05, 0.1) is 6.20 Å². The van der Waals surface area contributed by atoms with Gasteiger partial charge >= 0.3 is 0 Å². The summed E-state index contributed by atoms with van der Waals surface area (Å²) in [6.07, 6.45) is 24.9. The van der Waals surface area contributed by atoms with Crippen molar-refractivity contribution in [2.24, 2.45) is 5.92 Å². The molecular weight excluding hydrogens is 366 g/mol. The van der Waals surface area contributed by atoms with Crippen molar-refractivity contribution < 1.29 is 4.42 Å². The zero-order valence-corrected chi connectivity index (χ0v) is 18.2. The topological polar surface area (TPSA) is 26.0 Å². The summed E-state index contributed by atoms with van der Waals surface area (Å²) < 4.78 is 5.88. The van der Waals surface area contributed by atoms with E-state index in [9.17, 15) is 0 Å². The van der Waals surface area contributed by atoms with Crippen LogP contribution in [0.15, 0.2) is 86.2 Å². The highest BCUT2D eigenvalue weighted by atomic mass is 16.4. The van der Waals surface area contributed by atoms with Crippen LogP contribution < -0.4 is 0 Å². The van der Waals surface area contributed by atoms with Crippen LogP contribution in [-0.4, -0.2) is 4.98 Å². The molecule has 0 radical (unpaired) electrons. The fraction of sp³-hybridized carbons (Fsp3) is 0.429. The molecule has 1 heterocycles. The minimum atomic E-state index is 0.365. The SMILES string of the molecule is Cc1cnc(C2CC=C(C3=C4CCC(C)CCC4=C=CC4=CC=CCCC4=C3)C2)o1. The summed E-state index contributed by atoms with van der Waals surface area (Å²) in [6.45, 7) is 4.38. The number of allylic oxidation sites excluding steroid dienone is 11. The van der Waals surface area contributed by atoms with Crippen LogP contribution in [0.5, 0.6) is 0 Å². The van der Waals surface area contributed by atoms with Gasteiger partial charge in [-0.2, -0.15) is 0 Å². The Hall–Kier alpha value is -2.57. The summed E-state index contributed by atoms with van der Waals surface area (Å²) in [4.78, 5) is 4.52. The average Bonchev–Trinajstić information content (AvgIpc) is 3.27. The number of hydrogen-bond donors (Lipinski definition) is 0. The molecule has 0 amide bonds. The van der Waals surface area contributed by atoms with E-state index in [0.29, 0.717) is 5.92 Å². The maximum atomic E-state index is 5.88. The van der Waals surface area contributed by atoms with Gasteiger partial charge in [0, 0.05) is 5.92 Å². The molecule has 2 unspecified atom stereocenters. The van der Waals surface area contributed by atoms with Gasteiger partial charge in [0.2, 0.25) is 0 Å². The molecule has 5 rings (SSSR count). The van der Waals surface area contributed by atoms with E-state index in [4.69, 9.17) is 4.42 Å². The predicted octanol–water partition coefficient (Wildman–Crippen LogP) is 7.59. The van der Waals surface area contributed by atoms with Gasteiger partial charge in [-0.15, -0.1) is 5.73 Å². The highest BCUT2D eigenvalue weighted by molar-refractivity contribution is 5.59. The number of nitrogens with zero attached hydrogens (tertiary/aromatic N) is 1. The molecule has 0 spiro atoms. The third-order valence-electron chi connectivity index (χ3n) is 7.00. The van der Waals surface area contributed by atoms with Gasteiger partial charge in [-0.25, -0.2) is 4.98 Å². The number of oxazole rings is 1. The van der Waals surface area contributed by atoms with E-state index in [2.05, 4.69) is 54.1 Å². The summed E-state index contributed by atoms with van der Waals surface area (Å²) in [6, 6.07) is 0. The Morgan fingerprint density at radius 2 is 2.03 bits per heavy atom. The summed E-state index contributed by atoms with van der Waals surface area (Å²) in [5, 5.41) is 0. The van der Waals surface area contributed by atoms with Crippen LogP contribution in [0.3, 0.4) is 0 Å². The van der Waals surface area contributed by atoms with E-state index < -0.39 is 0 Å². The van der Waals surface area contributed by atoms with Crippen molar-refractivity contribution in [1.82, 2.24) is 4.98 Å². The summed E-state index contributed by atoms with van der Waals surface area (Å²) in [5.41, 5.74) is 12.4. The molecule has 0 saturated heterocycles. The molecule has 0 aromatic carbocycles. The highest BCUT2D eigenvalue weighted by Crippen LogP contribution is 2.43. The second-order valence-corrected chi connectivity index (χ2v) is 9.28. The van der Waals surface area contributed by atoms with Crippen LogP contribution in [-0.2, 0) is 0 Å². The quantitative estimate of drug-likeness (QED) is 0.480. The third kappa shape index (κ3) is 3.89. The van der Waals surface area contributed by atoms with Crippen molar-refractivity contribution in [3.05, 3.63) is 93.5 Å². The molecule has 1 saturated carbocycles. The largest absolute Gasteiger partial charge is 0.446 e. The lowest BCUT2D eigenvalue weighted by Crippen LogP contribution is -2.01. The van der Waals surface area contributed by atoms with Crippen LogP contribution in [0.25, 0.3) is 0 Å². The Balaban J connectivity index is 1.57. The van der Waals surface area contributed by atoms with Crippen molar-refractivity contribution in [3.63, 3.8) is 0 Å². The minimum Gasteiger partial charge on any atom is -0.446 e. The summed E-state index contributed by atoms with van der Waals surface area (Å²) >= 11 is 0. The molecular formula is C28H31NO. The molecule has 0 N–H and O–H groups in total. The molecule has 30 heavy (non-hydrogen) atoms. The first-order valence-electron chi connectivity index (χ1n) is 11.6. The van der Waals surface area contributed by atoms with Gasteiger partial charge in [-0.05, 0) is 104 Å². The molecule has 4 aliphatic carbocycles. The minimum absolute atomic E-state index is 0.365. The molecule has 2 heteroatoms. The first-order chi connectivity index (χ1) is 14.7. The fourth-order valence-electron chi connectivity index (χ4n) is 5.14. The molecule has 2 atom stereocenters. The second-order valence-electron chi connectivity index (χ2n) is 9.28. The van der Waals surface area contributed by atoms with Crippen molar-refractivity contribution in [3.8, 4) is 0 Å². The van der Waals surface area contributed by atoms with Crippen LogP contribution in [0.1, 0.15) is 75.9 Å². The Bertz CT molecular complexity index is 1060. The van der Waals surface area contributed by atoms with Gasteiger partial charge in [0.15, 0.2) is 5.89 Å². The van der Waals surface area contributed by atoms with Gasteiger partial charge < -0.3 is 4.42 Å². The average molecular weight is 398 g/mol. The number of aromatic nitrogens is 1. The smallest absolute Gasteiger partial charge is 0.198 e. The monoisotopic (exact) mass is 397 g/mol. The summed E-state index contributed by atoms with van der Waals surface area (Å²) in [5.74, 6) is 2.95. The number of rotatable bonds is 2. The first kappa shape index (κ1) is 19.4. The van der Waals surface area contributed by atoms with E-state index in [-0.39, 0.29) is 0 Å². The van der Waals surface area contributed by atoms with E-state index in [0.717, 1.165) is 56.1 Å². The van der Waals surface area contributed by atoms with Crippen LogP contribution in [0, 0.1) is 12.8 Å². The van der Waals surface area contributed by atoms with Gasteiger partial charge in [-0.1, -0.05) is 37.3 Å². The highest BCUT2D eigenvalue weighted by Gasteiger charge is 2.28. The van der Waals surface area contributed by atoms with Gasteiger partial charge in [0.25, 0.3) is 0 Å². The number of fused-ring (bicyclic) bond motifs is 2. The maximum absolute atomic E-state index is 5.88. The van der Waals surface area contributed by atoms with Gasteiger partial charge in [0.1, 0.15) is 5.76 Å². The normalized spacial score (nSPS) is 26.5. The Labute approximate surface area is 180 Å². The summed E-state index contributed by atoms with van der Waals surface area (Å²) in [7, 11) is 0. The number of hydrogen-bond acceptors (Lipinski definition) is 2. The number of aryl methyl sites for hydroxylation is 1. The lowest BCUT2D eigenvalue weighted by molar-refractivity contribution is 0.434. The zero-order valence-electron chi connectivity index (χ0n) is 18.2. The molecule has 1 aromatic heterocycles. The van der Waals surface area contributed by atoms with Crippen LogP contribution in [0.2, 0.25) is 0 Å². The maximum Gasteiger partial charge on any atom is 0.198 e. The predicted molar refractivity (Wildman–Crippen MR) is 122 cm³/mol. The molecule has 2 nitrogen and oxygen atoms in total. The Morgan fingerprint density at radius 3 is 2.90 bits per heavy atom. The first-order valence-corrected chi connectivity index (χ1v) is 11.6. The second kappa shape index (κ2) is 8.28. The fourth-order valence-corrected chi connectivity index (χ4v) is 5.14. The third-order valence-corrected chi connectivity index (χ3v) is 7.00. The van der Waals surface area contributed by atoms with Crippen molar-refractivity contribution in [2.45, 2.75) is 71.1 Å². The van der Waals surface area contributed by atoms with Crippen LogP contribution >= 0.6 is 0 Å². The Kier molecular flexibility index (Phi) is 5.35. The molecule has 0 aliphatic heterocycles. The standard InChI is InChI=1S/C28H31NO/c1-19-8-10-22-12-11-21-6-4-3-5-7-23(21)17-27(26(22)15-9-19)24-13-14-25(16-24)28-29-18-20(2)30-28/h3-4,6,11,13,17-19,25H,5,7-10,14-16H2,1-2H3. The van der Waals surface area contributed by atoms with Gasteiger partial charge in [-0.3, -0.25) is 0 Å². The van der Waals surface area contributed by atoms with E-state index in [1.54, 1.807) is 0 Å². The van der Waals surface area contributed by atoms with Crippen LogP contribution in [0.4, 0.5) is 0 Å². The Morgan fingerprint density at radius 1 is 1.13 bits per heavy atom. The molecule has 0 bridgehead atoms. The lowest BCUT2D eigenvalue weighted by Gasteiger charge is -2.19. The van der Waals surface area contributed by atoms with E-state index in [1.165, 1.54) is 46.3 Å². The molecule has 1 fully saturated rings. The zero-order chi connectivity index (χ0) is 20.5. The van der Waals surface area contributed by atoms with Crippen molar-refractivity contribution >= 4 is 0 Å². The van der Waals surface area contributed by atoms with Crippen molar-refractivity contribution in [2.75, 3.05) is 0 Å². The van der Waals surface area contributed by atoms with E-state index >= 15 is 0 Å². The molecule has 4 aliphatic rings. The molecule has 154 valence electrons. The lowest BCUT2D eigenvalue weighted by atomic mass is 9.86. The van der Waals surface area contributed by atoms with E-state index in [1.807, 2.05) is 13.1 Å².